The Balaban J connectivity index is 1.93. The Morgan fingerprint density at radius 2 is 2.30 bits per heavy atom. The van der Waals surface area contributed by atoms with Crippen molar-refractivity contribution in [1.82, 2.24) is 10.3 Å². The van der Waals surface area contributed by atoms with Gasteiger partial charge in [-0.25, -0.2) is 4.98 Å². The second-order valence-electron chi connectivity index (χ2n) is 5.12. The third-order valence-electron chi connectivity index (χ3n) is 3.27. The van der Waals surface area contributed by atoms with Crippen LogP contribution < -0.4 is 10.1 Å². The maximum absolute atomic E-state index is 11.9. The predicted molar refractivity (Wildman–Crippen MR) is 98.2 cm³/mol. The molecule has 1 aromatic heterocycles. The number of nitrogens with zero attached hydrogens (tertiary/aromatic N) is 1. The fraction of sp³-hybridized carbons (Fsp3) is 0.412. The number of aromatic nitrogens is 1. The molecule has 23 heavy (non-hydrogen) atoms. The second kappa shape index (κ2) is 8.93. The van der Waals surface area contributed by atoms with E-state index in [1.165, 1.54) is 0 Å². The molecule has 2 rings (SSSR count). The molecule has 0 saturated carbocycles. The van der Waals surface area contributed by atoms with E-state index in [-0.39, 0.29) is 11.2 Å². The van der Waals surface area contributed by atoms with E-state index in [4.69, 9.17) is 4.74 Å². The van der Waals surface area contributed by atoms with Crippen LogP contribution in [0, 0.1) is 0 Å². The van der Waals surface area contributed by atoms with Crippen molar-refractivity contribution in [2.24, 2.45) is 0 Å². The highest BCUT2D eigenvalue weighted by molar-refractivity contribution is 7.99. The van der Waals surface area contributed by atoms with E-state index in [1.807, 2.05) is 38.1 Å². The van der Waals surface area contributed by atoms with Crippen LogP contribution in [0.2, 0.25) is 0 Å². The molecule has 124 valence electrons. The van der Waals surface area contributed by atoms with Gasteiger partial charge in [0.1, 0.15) is 10.8 Å². The first-order chi connectivity index (χ1) is 11.1. The molecule has 0 aliphatic carbocycles. The van der Waals surface area contributed by atoms with E-state index in [0.717, 1.165) is 40.7 Å². The van der Waals surface area contributed by atoms with Gasteiger partial charge < -0.3 is 10.1 Å². The second-order valence-corrected chi connectivity index (χ2v) is 7.31. The maximum Gasteiger partial charge on any atom is 0.232 e. The van der Waals surface area contributed by atoms with Crippen LogP contribution in [0.5, 0.6) is 5.75 Å². The molecule has 1 aromatic carbocycles. The largest absolute Gasteiger partial charge is 0.497 e. The summed E-state index contributed by atoms with van der Waals surface area (Å²) in [5, 5.41) is 5.88. The van der Waals surface area contributed by atoms with Crippen molar-refractivity contribution in [2.75, 3.05) is 13.7 Å². The Bertz CT molecular complexity index is 643. The van der Waals surface area contributed by atoms with E-state index in [1.54, 1.807) is 30.2 Å². The molecule has 0 bridgehead atoms. The minimum Gasteiger partial charge on any atom is -0.497 e. The third-order valence-corrected chi connectivity index (χ3v) is 5.38. The molecule has 1 amide bonds. The topological polar surface area (TPSA) is 51.2 Å². The molecule has 0 aliphatic rings. The molecular weight excluding hydrogens is 328 g/mol. The number of benzene rings is 1. The summed E-state index contributed by atoms with van der Waals surface area (Å²) < 4.78 is 5.25. The highest BCUT2D eigenvalue weighted by atomic mass is 32.2. The normalized spacial score (nSPS) is 12.0. The van der Waals surface area contributed by atoms with E-state index in [0.29, 0.717) is 0 Å². The van der Waals surface area contributed by atoms with Crippen LogP contribution in [-0.4, -0.2) is 29.8 Å². The summed E-state index contributed by atoms with van der Waals surface area (Å²) in [5.41, 5.74) is 2.06. The summed E-state index contributed by atoms with van der Waals surface area (Å²) in [6.45, 7) is 4.72. The van der Waals surface area contributed by atoms with Crippen molar-refractivity contribution in [1.29, 1.82) is 0 Å². The molecule has 1 N–H and O–H groups in total. The van der Waals surface area contributed by atoms with Gasteiger partial charge in [-0.2, -0.15) is 0 Å². The first-order valence-corrected chi connectivity index (χ1v) is 9.55. The van der Waals surface area contributed by atoms with Crippen LogP contribution in [0.15, 0.2) is 29.6 Å². The fourth-order valence-corrected chi connectivity index (χ4v) is 3.67. The molecule has 1 atom stereocenters. The maximum atomic E-state index is 11.9. The summed E-state index contributed by atoms with van der Waals surface area (Å²) in [6.07, 6.45) is 0.957. The van der Waals surface area contributed by atoms with Crippen LogP contribution in [0.4, 0.5) is 0 Å². The van der Waals surface area contributed by atoms with Gasteiger partial charge in [0.05, 0.1) is 18.1 Å². The van der Waals surface area contributed by atoms with Crippen LogP contribution >= 0.6 is 23.1 Å². The van der Waals surface area contributed by atoms with Crippen molar-refractivity contribution in [3.63, 3.8) is 0 Å². The molecule has 0 radical (unpaired) electrons. The van der Waals surface area contributed by atoms with Gasteiger partial charge in [-0.15, -0.1) is 23.1 Å². The summed E-state index contributed by atoms with van der Waals surface area (Å²) in [6, 6.07) is 7.89. The van der Waals surface area contributed by atoms with E-state index >= 15 is 0 Å². The Morgan fingerprint density at radius 3 is 3.04 bits per heavy atom. The van der Waals surface area contributed by atoms with E-state index in [9.17, 15) is 4.79 Å². The molecular formula is C17H22N2O2S2. The minimum atomic E-state index is -0.0662. The first kappa shape index (κ1) is 17.8. The first-order valence-electron chi connectivity index (χ1n) is 7.62. The number of hydrogen-bond acceptors (Lipinski definition) is 5. The smallest absolute Gasteiger partial charge is 0.232 e. The molecule has 4 nitrogen and oxygen atoms in total. The molecule has 1 unspecified atom stereocenters. The Hall–Kier alpha value is -1.53. The fourth-order valence-electron chi connectivity index (χ4n) is 1.94. The number of carbonyl (C=O) groups excluding carboxylic acids is 1. The minimum absolute atomic E-state index is 0.0662. The van der Waals surface area contributed by atoms with Gasteiger partial charge in [0.25, 0.3) is 0 Å². The standard InChI is InChI=1S/C17H22N2O2S2/c1-4-8-18-16(20)12(2)22-10-14-11-23-17(19-14)13-6-5-7-15(9-13)21-3/h5-7,9,11-12H,4,8,10H2,1-3H3,(H,18,20). The zero-order valence-electron chi connectivity index (χ0n) is 13.7. The predicted octanol–water partition coefficient (Wildman–Crippen LogP) is 3.97. The van der Waals surface area contributed by atoms with Gasteiger partial charge >= 0.3 is 0 Å². The van der Waals surface area contributed by atoms with Gasteiger partial charge in [-0.3, -0.25) is 4.79 Å². The number of rotatable bonds is 8. The highest BCUT2D eigenvalue weighted by Gasteiger charge is 2.14. The lowest BCUT2D eigenvalue weighted by Crippen LogP contribution is -2.31. The molecule has 1 heterocycles. The summed E-state index contributed by atoms with van der Waals surface area (Å²) in [4.78, 5) is 16.5. The van der Waals surface area contributed by atoms with E-state index < -0.39 is 0 Å². The summed E-state index contributed by atoms with van der Waals surface area (Å²) in [7, 11) is 1.66. The van der Waals surface area contributed by atoms with Gasteiger partial charge in [-0.1, -0.05) is 19.1 Å². The van der Waals surface area contributed by atoms with Gasteiger partial charge in [0, 0.05) is 23.2 Å². The number of thioether (sulfide) groups is 1. The third kappa shape index (κ3) is 5.25. The van der Waals surface area contributed by atoms with Crippen LogP contribution in [0.25, 0.3) is 10.6 Å². The Kier molecular flexibility index (Phi) is 6.92. The summed E-state index contributed by atoms with van der Waals surface area (Å²) >= 11 is 3.23. The van der Waals surface area contributed by atoms with Crippen molar-refractivity contribution >= 4 is 29.0 Å². The molecule has 0 aliphatic heterocycles. The lowest BCUT2D eigenvalue weighted by atomic mass is 10.2. The average molecular weight is 351 g/mol. The van der Waals surface area contributed by atoms with Crippen LogP contribution in [0.1, 0.15) is 26.0 Å². The zero-order chi connectivity index (χ0) is 16.7. The van der Waals surface area contributed by atoms with E-state index in [2.05, 4.69) is 15.7 Å². The van der Waals surface area contributed by atoms with Crippen LogP contribution in [-0.2, 0) is 10.5 Å². The monoisotopic (exact) mass is 350 g/mol. The van der Waals surface area contributed by atoms with Crippen molar-refractivity contribution in [3.05, 3.63) is 35.3 Å². The van der Waals surface area contributed by atoms with Crippen molar-refractivity contribution in [3.8, 4) is 16.3 Å². The molecule has 6 heteroatoms. The average Bonchev–Trinajstić information content (AvgIpc) is 3.06. The molecule has 0 saturated heterocycles. The lowest BCUT2D eigenvalue weighted by molar-refractivity contribution is -0.120. The number of thiazole rings is 1. The van der Waals surface area contributed by atoms with Crippen LogP contribution in [0.3, 0.4) is 0 Å². The van der Waals surface area contributed by atoms with Gasteiger partial charge in [0.2, 0.25) is 5.91 Å². The molecule has 2 aromatic rings. The van der Waals surface area contributed by atoms with Crippen molar-refractivity contribution in [2.45, 2.75) is 31.3 Å². The Labute approximate surface area is 145 Å². The number of methoxy groups -OCH3 is 1. The quantitative estimate of drug-likeness (QED) is 0.783. The molecule has 0 spiro atoms. The van der Waals surface area contributed by atoms with Gasteiger partial charge in [-0.05, 0) is 25.5 Å². The number of hydrogen-bond donors (Lipinski definition) is 1. The SMILES string of the molecule is CCCNC(=O)C(C)SCc1csc(-c2cccc(OC)c2)n1. The Morgan fingerprint density at radius 1 is 1.48 bits per heavy atom. The zero-order valence-corrected chi connectivity index (χ0v) is 15.3. The number of nitrogens with one attached hydrogen (secondary N) is 1. The summed E-state index contributed by atoms with van der Waals surface area (Å²) in [5.74, 6) is 1.66. The highest BCUT2D eigenvalue weighted by Crippen LogP contribution is 2.28. The number of carbonyl (C=O) groups is 1. The number of amides is 1. The number of ether oxygens (including phenoxy) is 1. The van der Waals surface area contributed by atoms with Crippen molar-refractivity contribution < 1.29 is 9.53 Å². The lowest BCUT2D eigenvalue weighted by Gasteiger charge is -2.10. The molecule has 0 fully saturated rings. The van der Waals surface area contributed by atoms with Gasteiger partial charge in [0.15, 0.2) is 0 Å².